The smallest absolute Gasteiger partial charge is 0.391 e. The molecule has 2 saturated heterocycles. The van der Waals surface area contributed by atoms with E-state index in [2.05, 4.69) is 16.4 Å². The van der Waals surface area contributed by atoms with Gasteiger partial charge in [0.05, 0.1) is 23.1 Å². The molecule has 2 aromatic rings. The van der Waals surface area contributed by atoms with Gasteiger partial charge in [0.25, 0.3) is 0 Å². The molecule has 12 heteroatoms. The van der Waals surface area contributed by atoms with E-state index in [1.807, 2.05) is 0 Å². The average Bonchev–Trinajstić information content (AvgIpc) is 2.91. The highest BCUT2D eigenvalue weighted by atomic mass is 19.4. The summed E-state index contributed by atoms with van der Waals surface area (Å²) in [6.45, 7) is 2.20. The number of carbonyl (C=O) groups excluding carboxylic acids is 2. The number of hydrogen-bond acceptors (Lipinski definition) is 7. The Balaban J connectivity index is 1.42. The first kappa shape index (κ1) is 28.6. The predicted octanol–water partition coefficient (Wildman–Crippen LogP) is 2.32. The summed E-state index contributed by atoms with van der Waals surface area (Å²) in [4.78, 5) is 32.7. The van der Waals surface area contributed by atoms with Crippen LogP contribution in [0.1, 0.15) is 38.2 Å². The Morgan fingerprint density at radius 2 is 1.97 bits per heavy atom. The maximum absolute atomic E-state index is 13.9. The normalized spacial score (nSPS) is 22.3. The lowest BCUT2D eigenvalue weighted by molar-refractivity contribution is -0.178. The van der Waals surface area contributed by atoms with Gasteiger partial charge in [-0.2, -0.15) is 18.4 Å². The lowest BCUT2D eigenvalue weighted by atomic mass is 9.90. The maximum Gasteiger partial charge on any atom is 0.393 e. The fourth-order valence-electron chi connectivity index (χ4n) is 5.48. The van der Waals surface area contributed by atoms with Crippen LogP contribution in [-0.2, 0) is 9.59 Å². The number of nitrogens with one attached hydrogen (secondary N) is 1. The van der Waals surface area contributed by atoms with E-state index in [-0.39, 0.29) is 43.7 Å². The minimum Gasteiger partial charge on any atom is -0.391 e. The van der Waals surface area contributed by atoms with E-state index < -0.39 is 30.3 Å². The number of aliphatic hydroxyl groups excluding tert-OH is 1. The van der Waals surface area contributed by atoms with Crippen molar-refractivity contribution < 1.29 is 27.9 Å². The Kier molecular flexibility index (Phi) is 8.61. The molecule has 4 rings (SSSR count). The van der Waals surface area contributed by atoms with E-state index in [4.69, 9.17) is 5.73 Å². The minimum absolute atomic E-state index is 0.0107. The number of benzene rings is 1. The fourth-order valence-corrected chi connectivity index (χ4v) is 5.48. The van der Waals surface area contributed by atoms with Crippen LogP contribution in [0.5, 0.6) is 0 Å². The van der Waals surface area contributed by atoms with Crippen molar-refractivity contribution in [2.24, 2.45) is 17.6 Å². The number of amides is 2. The second-order valence-electron chi connectivity index (χ2n) is 10.5. The molecule has 0 bridgehead atoms. The zero-order valence-electron chi connectivity index (χ0n) is 21.7. The number of fused-ring (bicyclic) bond motifs is 1. The number of halogens is 3. The van der Waals surface area contributed by atoms with E-state index in [1.54, 1.807) is 34.1 Å². The zero-order valence-corrected chi connectivity index (χ0v) is 21.7. The van der Waals surface area contributed by atoms with Crippen LogP contribution in [0.3, 0.4) is 0 Å². The number of nitrogens with two attached hydrogens (primary N) is 1. The number of aromatic nitrogens is 1. The van der Waals surface area contributed by atoms with Crippen molar-refractivity contribution in [1.82, 2.24) is 15.2 Å². The number of pyridine rings is 1. The van der Waals surface area contributed by atoms with Crippen LogP contribution in [0, 0.1) is 23.2 Å². The van der Waals surface area contributed by atoms with E-state index in [9.17, 15) is 33.1 Å². The second kappa shape index (κ2) is 11.8. The Hall–Kier alpha value is -3.43. The Morgan fingerprint density at radius 3 is 2.62 bits per heavy atom. The summed E-state index contributed by atoms with van der Waals surface area (Å²) in [5.74, 6) is -2.30. The summed E-state index contributed by atoms with van der Waals surface area (Å²) in [7, 11) is 0. The van der Waals surface area contributed by atoms with Crippen molar-refractivity contribution in [1.29, 1.82) is 5.26 Å². The highest BCUT2D eigenvalue weighted by Crippen LogP contribution is 2.37. The SMILES string of the molecule is CC(O)C(N)C(=O)N1CCC(CC(=O)N[C@@H]2C[C@H](C(F)(F)F)CN(c3ccc(C#N)c4ncccc34)C2)CC1. The number of rotatable bonds is 6. The molecule has 0 spiro atoms. The van der Waals surface area contributed by atoms with Crippen LogP contribution in [0.25, 0.3) is 10.9 Å². The topological polar surface area (TPSA) is 136 Å². The number of aliphatic hydroxyl groups is 1. The van der Waals surface area contributed by atoms with Crippen LogP contribution in [-0.4, -0.2) is 77.3 Å². The second-order valence-corrected chi connectivity index (χ2v) is 10.5. The minimum atomic E-state index is -4.44. The van der Waals surface area contributed by atoms with Crippen LogP contribution in [0.4, 0.5) is 18.9 Å². The van der Waals surface area contributed by atoms with Gasteiger partial charge in [0.2, 0.25) is 11.8 Å². The number of carbonyl (C=O) groups is 2. The zero-order chi connectivity index (χ0) is 28.3. The van der Waals surface area contributed by atoms with Gasteiger partial charge in [-0.3, -0.25) is 14.6 Å². The van der Waals surface area contributed by atoms with Crippen LogP contribution >= 0.6 is 0 Å². The number of nitriles is 1. The quantitative estimate of drug-likeness (QED) is 0.506. The summed E-state index contributed by atoms with van der Waals surface area (Å²) in [5.41, 5.74) is 7.04. The molecule has 4 atom stereocenters. The molecular weight excluding hydrogens is 513 g/mol. The number of nitrogens with zero attached hydrogens (tertiary/aromatic N) is 4. The summed E-state index contributed by atoms with van der Waals surface area (Å²) >= 11 is 0. The number of anilines is 1. The first-order chi connectivity index (χ1) is 18.5. The van der Waals surface area contributed by atoms with Crippen molar-refractivity contribution >= 4 is 28.4 Å². The molecule has 210 valence electrons. The average molecular weight is 547 g/mol. The molecular formula is C27H33F3N6O3. The van der Waals surface area contributed by atoms with Crippen molar-refractivity contribution in [3.8, 4) is 6.07 Å². The molecule has 1 aromatic heterocycles. The highest BCUT2D eigenvalue weighted by molar-refractivity contribution is 5.95. The first-order valence-corrected chi connectivity index (χ1v) is 13.1. The van der Waals surface area contributed by atoms with Gasteiger partial charge < -0.3 is 26.0 Å². The third-order valence-corrected chi connectivity index (χ3v) is 7.69. The largest absolute Gasteiger partial charge is 0.393 e. The highest BCUT2D eigenvalue weighted by Gasteiger charge is 2.45. The van der Waals surface area contributed by atoms with Gasteiger partial charge in [-0.15, -0.1) is 0 Å². The van der Waals surface area contributed by atoms with E-state index in [0.717, 1.165) is 0 Å². The van der Waals surface area contributed by atoms with Crippen molar-refractivity contribution in [2.75, 3.05) is 31.1 Å². The van der Waals surface area contributed by atoms with Crippen molar-refractivity contribution in [2.45, 2.75) is 57.0 Å². The Morgan fingerprint density at radius 1 is 1.26 bits per heavy atom. The number of alkyl halides is 3. The van der Waals surface area contributed by atoms with Crippen molar-refractivity contribution in [3.05, 3.63) is 36.0 Å². The Bertz CT molecular complexity index is 1240. The molecule has 0 saturated carbocycles. The number of likely N-dealkylation sites (tertiary alicyclic amines) is 1. The number of piperidine rings is 2. The molecule has 2 fully saturated rings. The molecule has 39 heavy (non-hydrogen) atoms. The molecule has 9 nitrogen and oxygen atoms in total. The fraction of sp³-hybridized carbons (Fsp3) is 0.556. The lowest BCUT2D eigenvalue weighted by Gasteiger charge is -2.40. The van der Waals surface area contributed by atoms with Gasteiger partial charge in [-0.05, 0) is 56.4 Å². The molecule has 2 unspecified atom stereocenters. The van der Waals surface area contributed by atoms with Crippen LogP contribution in [0.15, 0.2) is 30.5 Å². The molecule has 2 aliphatic rings. The van der Waals surface area contributed by atoms with Crippen LogP contribution < -0.4 is 16.0 Å². The molecule has 4 N–H and O–H groups in total. The molecule has 3 heterocycles. The molecule has 0 aliphatic carbocycles. The monoisotopic (exact) mass is 546 g/mol. The first-order valence-electron chi connectivity index (χ1n) is 13.1. The summed E-state index contributed by atoms with van der Waals surface area (Å²) in [6.07, 6.45) is -2.80. The van der Waals surface area contributed by atoms with Gasteiger partial charge in [-0.1, -0.05) is 0 Å². The van der Waals surface area contributed by atoms with E-state index in [0.29, 0.717) is 48.1 Å². The summed E-state index contributed by atoms with van der Waals surface area (Å²) in [6, 6.07) is 6.96. The van der Waals surface area contributed by atoms with Gasteiger partial charge in [0.1, 0.15) is 12.1 Å². The Labute approximate surface area is 224 Å². The molecule has 1 aromatic carbocycles. The third-order valence-electron chi connectivity index (χ3n) is 7.69. The molecule has 0 radical (unpaired) electrons. The number of hydrogen-bond donors (Lipinski definition) is 3. The maximum atomic E-state index is 13.9. The van der Waals surface area contributed by atoms with Gasteiger partial charge in [0, 0.05) is 55.9 Å². The molecule has 2 aliphatic heterocycles. The van der Waals surface area contributed by atoms with E-state index >= 15 is 0 Å². The third kappa shape index (κ3) is 6.59. The van der Waals surface area contributed by atoms with E-state index in [1.165, 1.54) is 13.1 Å². The van der Waals surface area contributed by atoms with Gasteiger partial charge in [0.15, 0.2) is 0 Å². The standard InChI is InChI=1S/C27H33F3N6O3/c1-16(37)24(32)26(39)35-9-6-17(7-10-35)11-23(38)34-20-12-19(27(28,29)30)14-36(15-20)22-5-4-18(13-31)25-21(22)3-2-8-33-25/h2-5,8,16-17,19-20,24,37H,6-7,9-12,14-15,32H2,1H3,(H,34,38)/t16?,19-,20+,24?/m0/s1. The van der Waals surface area contributed by atoms with Crippen molar-refractivity contribution in [3.63, 3.8) is 0 Å². The summed E-state index contributed by atoms with van der Waals surface area (Å²) < 4.78 is 41.7. The molecule has 2 amide bonds. The van der Waals surface area contributed by atoms with Gasteiger partial charge >= 0.3 is 6.18 Å². The van der Waals surface area contributed by atoms with Crippen LogP contribution in [0.2, 0.25) is 0 Å². The predicted molar refractivity (Wildman–Crippen MR) is 138 cm³/mol. The summed E-state index contributed by atoms with van der Waals surface area (Å²) in [5, 5.41) is 22.4. The lowest BCUT2D eigenvalue weighted by Crippen LogP contribution is -2.54. The van der Waals surface area contributed by atoms with Gasteiger partial charge in [-0.25, -0.2) is 0 Å².